The van der Waals surface area contributed by atoms with Gasteiger partial charge in [0.15, 0.2) is 0 Å². The number of carbonyl (C=O) groups excluding carboxylic acids is 3. The number of hydrogen-bond acceptors (Lipinski definition) is 10. The molecule has 1 atom stereocenters. The van der Waals surface area contributed by atoms with E-state index in [2.05, 4.69) is 19.2 Å². The molecule has 0 saturated carbocycles. The molecule has 0 saturated heterocycles. The van der Waals surface area contributed by atoms with Crippen LogP contribution in [0.3, 0.4) is 0 Å². The summed E-state index contributed by atoms with van der Waals surface area (Å²) in [5.41, 5.74) is 3.38. The van der Waals surface area contributed by atoms with Gasteiger partial charge in [0, 0.05) is 24.6 Å². The molecule has 268 valence electrons. The quantitative estimate of drug-likeness (QED) is 0.0532. The molecule has 0 amide bonds. The van der Waals surface area contributed by atoms with E-state index in [0.29, 0.717) is 35.0 Å². The summed E-state index contributed by atoms with van der Waals surface area (Å²) in [4.78, 5) is 58.7. The molecule has 2 aromatic carbocycles. The number of aryl methyl sites for hydroxylation is 1. The van der Waals surface area contributed by atoms with Crippen molar-refractivity contribution < 1.29 is 33.3 Å². The zero-order chi connectivity index (χ0) is 36.5. The SMILES string of the molecule is CCC1(OC(=O)OCc2ccccc2)C(=O)OCc2c1cc1n(c2=O)Cc2c-1nc1ccccc1c2CC[Si](C)(C)CCCOC(=O)c1cccs1. The average Bonchev–Trinajstić information content (AvgIpc) is 3.82. The van der Waals surface area contributed by atoms with E-state index in [0.717, 1.165) is 52.5 Å². The maximum atomic E-state index is 14.2. The molecule has 5 aromatic rings. The van der Waals surface area contributed by atoms with Crippen molar-refractivity contribution in [3.8, 4) is 11.4 Å². The first-order valence-corrected chi connectivity index (χ1v) is 21.9. The lowest BCUT2D eigenvalue weighted by Crippen LogP contribution is -2.47. The van der Waals surface area contributed by atoms with Crippen LogP contribution in [0.25, 0.3) is 22.3 Å². The first-order chi connectivity index (χ1) is 25.1. The summed E-state index contributed by atoms with van der Waals surface area (Å²) in [5.74, 6) is -1.02. The van der Waals surface area contributed by atoms with Gasteiger partial charge in [0.25, 0.3) is 5.56 Å². The van der Waals surface area contributed by atoms with E-state index < -0.39 is 25.8 Å². The van der Waals surface area contributed by atoms with Gasteiger partial charge in [-0.2, -0.15) is 0 Å². The number of hydrogen-bond donors (Lipinski definition) is 0. The number of para-hydroxylation sites is 1. The smallest absolute Gasteiger partial charge is 0.462 e. The van der Waals surface area contributed by atoms with Crippen molar-refractivity contribution in [1.29, 1.82) is 0 Å². The lowest BCUT2D eigenvalue weighted by Gasteiger charge is -2.35. The summed E-state index contributed by atoms with van der Waals surface area (Å²) in [7, 11) is -1.72. The van der Waals surface area contributed by atoms with Gasteiger partial charge in [0.05, 0.1) is 35.6 Å². The summed E-state index contributed by atoms with van der Waals surface area (Å²) < 4.78 is 23.9. The van der Waals surface area contributed by atoms with Crippen LogP contribution in [0.4, 0.5) is 4.79 Å². The van der Waals surface area contributed by atoms with E-state index in [9.17, 15) is 19.2 Å². The predicted molar refractivity (Wildman–Crippen MR) is 200 cm³/mol. The molecule has 2 aliphatic heterocycles. The van der Waals surface area contributed by atoms with Gasteiger partial charge < -0.3 is 23.5 Å². The number of pyridine rings is 2. The molecule has 5 heterocycles. The van der Waals surface area contributed by atoms with Crippen LogP contribution >= 0.6 is 11.3 Å². The van der Waals surface area contributed by atoms with Crippen LogP contribution in [0.2, 0.25) is 25.2 Å². The first-order valence-electron chi connectivity index (χ1n) is 17.6. The van der Waals surface area contributed by atoms with E-state index in [1.54, 1.807) is 23.6 Å². The summed E-state index contributed by atoms with van der Waals surface area (Å²) >= 11 is 1.38. The third kappa shape index (κ3) is 6.80. The van der Waals surface area contributed by atoms with Crippen molar-refractivity contribution >= 4 is 48.4 Å². The number of thiophene rings is 1. The highest BCUT2D eigenvalue weighted by atomic mass is 32.1. The molecule has 7 rings (SSSR count). The molecule has 12 heteroatoms. The lowest BCUT2D eigenvalue weighted by molar-refractivity contribution is -0.175. The zero-order valence-electron chi connectivity index (χ0n) is 29.4. The monoisotopic (exact) mass is 736 g/mol. The number of aromatic nitrogens is 2. The van der Waals surface area contributed by atoms with Crippen LogP contribution in [0.1, 0.15) is 57.3 Å². The molecule has 0 radical (unpaired) electrons. The molecule has 52 heavy (non-hydrogen) atoms. The van der Waals surface area contributed by atoms with Gasteiger partial charge in [0.2, 0.25) is 5.60 Å². The zero-order valence-corrected chi connectivity index (χ0v) is 31.3. The van der Waals surface area contributed by atoms with Gasteiger partial charge in [0.1, 0.15) is 18.1 Å². The number of esters is 2. The highest BCUT2D eigenvalue weighted by molar-refractivity contribution is 7.11. The Morgan fingerprint density at radius 1 is 0.981 bits per heavy atom. The largest absolute Gasteiger partial charge is 0.510 e. The first kappa shape index (κ1) is 35.3. The van der Waals surface area contributed by atoms with E-state index >= 15 is 0 Å². The van der Waals surface area contributed by atoms with Gasteiger partial charge in [-0.1, -0.05) is 86.7 Å². The molecule has 0 fully saturated rings. The van der Waals surface area contributed by atoms with E-state index in [1.807, 2.05) is 60.0 Å². The number of nitrogens with zero attached hydrogens (tertiary/aromatic N) is 2. The van der Waals surface area contributed by atoms with Crippen molar-refractivity contribution in [1.82, 2.24) is 9.55 Å². The highest BCUT2D eigenvalue weighted by Crippen LogP contribution is 2.42. The van der Waals surface area contributed by atoms with Gasteiger partial charge in [-0.3, -0.25) is 4.79 Å². The van der Waals surface area contributed by atoms with Crippen LogP contribution in [0.5, 0.6) is 0 Å². The maximum Gasteiger partial charge on any atom is 0.510 e. The number of fused-ring (bicyclic) bond motifs is 5. The van der Waals surface area contributed by atoms with Crippen LogP contribution in [0, 0.1) is 0 Å². The molecule has 10 nitrogen and oxygen atoms in total. The van der Waals surface area contributed by atoms with Gasteiger partial charge in [-0.25, -0.2) is 19.4 Å². The third-order valence-electron chi connectivity index (χ3n) is 10.1. The number of rotatable bonds is 12. The standard InChI is InChI=1S/C40H40N2O8SSi/c1-4-40(50-39(46)49-24-26-12-6-5-7-13-26)31-22-33-35-29(23-42(33)36(43)30(31)25-48-38(40)45)27(28-14-8-9-15-32(28)41-35)17-21-52(2,3)20-11-18-47-37(44)34-16-10-19-51-34/h5-10,12-16,19,22H,4,11,17-18,20-21,23-25H2,1-3H3. The lowest BCUT2D eigenvalue weighted by atomic mass is 9.85. The van der Waals surface area contributed by atoms with Crippen molar-refractivity contribution in [3.63, 3.8) is 0 Å². The Balaban J connectivity index is 1.16. The average molecular weight is 737 g/mol. The van der Waals surface area contributed by atoms with Crippen molar-refractivity contribution in [2.75, 3.05) is 6.61 Å². The molecule has 0 N–H and O–H groups in total. The Labute approximate surface area is 306 Å². The summed E-state index contributed by atoms with van der Waals surface area (Å²) in [6.07, 6.45) is 0.618. The fourth-order valence-corrected chi connectivity index (χ4v) is 10.1. The highest BCUT2D eigenvalue weighted by Gasteiger charge is 2.51. The molecular weight excluding hydrogens is 697 g/mol. The molecule has 0 spiro atoms. The normalized spacial score (nSPS) is 16.1. The van der Waals surface area contributed by atoms with Gasteiger partial charge in [-0.05, 0) is 54.0 Å². The second-order valence-corrected chi connectivity index (χ2v) is 20.3. The number of benzene rings is 2. The minimum absolute atomic E-state index is 0.0376. The maximum absolute atomic E-state index is 14.2. The molecule has 1 unspecified atom stereocenters. The van der Waals surface area contributed by atoms with Crippen molar-refractivity contribution in [3.05, 3.63) is 121 Å². The molecule has 3 aromatic heterocycles. The Kier molecular flexibility index (Phi) is 9.86. The van der Waals surface area contributed by atoms with E-state index in [4.69, 9.17) is 23.9 Å². The Morgan fingerprint density at radius 2 is 1.77 bits per heavy atom. The van der Waals surface area contributed by atoms with Crippen molar-refractivity contribution in [2.24, 2.45) is 0 Å². The number of ether oxygens (including phenoxy) is 4. The van der Waals surface area contributed by atoms with E-state index in [1.165, 1.54) is 11.3 Å². The van der Waals surface area contributed by atoms with E-state index in [-0.39, 0.29) is 36.7 Å². The number of carbonyl (C=O) groups is 3. The Bertz CT molecular complexity index is 2220. The van der Waals surface area contributed by atoms with Crippen molar-refractivity contribution in [2.45, 2.75) is 76.7 Å². The molecule has 2 aliphatic rings. The van der Waals surface area contributed by atoms with Gasteiger partial charge >= 0.3 is 18.1 Å². The van der Waals surface area contributed by atoms with Crippen LogP contribution in [0.15, 0.2) is 83.0 Å². The van der Waals surface area contributed by atoms with Crippen LogP contribution in [-0.4, -0.2) is 42.3 Å². The third-order valence-corrected chi connectivity index (χ3v) is 14.3. The molecular formula is C40H40N2O8SSi. The number of cyclic esters (lactones) is 1. The molecule has 0 bridgehead atoms. The van der Waals surface area contributed by atoms with Crippen LogP contribution < -0.4 is 5.56 Å². The van der Waals surface area contributed by atoms with Crippen LogP contribution in [-0.2, 0) is 55.5 Å². The van der Waals surface area contributed by atoms with Gasteiger partial charge in [-0.15, -0.1) is 11.3 Å². The summed E-state index contributed by atoms with van der Waals surface area (Å²) in [6, 6.07) is 24.6. The second kappa shape index (κ2) is 14.5. The summed E-state index contributed by atoms with van der Waals surface area (Å²) in [5, 5.41) is 2.91. The minimum Gasteiger partial charge on any atom is -0.462 e. The predicted octanol–water partition coefficient (Wildman–Crippen LogP) is 8.00. The fourth-order valence-electron chi connectivity index (χ4n) is 7.21. The second-order valence-electron chi connectivity index (χ2n) is 14.0. The summed E-state index contributed by atoms with van der Waals surface area (Å²) in [6.45, 7) is 6.89. The fraction of sp³-hybridized carbons (Fsp3) is 0.325. The Hall–Kier alpha value is -5.07. The minimum atomic E-state index is -1.85. The molecule has 0 aliphatic carbocycles. The Morgan fingerprint density at radius 3 is 2.54 bits per heavy atom. The topological polar surface area (TPSA) is 123 Å².